The first-order chi connectivity index (χ1) is 14.2. The smallest absolute Gasteiger partial charge is 0.233 e. The highest BCUT2D eigenvalue weighted by Crippen LogP contribution is 2.30. The second-order valence-electron chi connectivity index (χ2n) is 6.98. The van der Waals surface area contributed by atoms with Gasteiger partial charge in [0.15, 0.2) is 5.13 Å². The van der Waals surface area contributed by atoms with Crippen LogP contribution >= 0.6 is 23.1 Å². The maximum Gasteiger partial charge on any atom is 0.233 e. The number of thiazole rings is 1. The van der Waals surface area contributed by atoms with Crippen molar-refractivity contribution in [3.63, 3.8) is 0 Å². The van der Waals surface area contributed by atoms with Gasteiger partial charge in [-0.25, -0.2) is 4.98 Å². The number of amides is 1. The third-order valence-corrected chi connectivity index (χ3v) is 7.25. The molecule has 1 amide bonds. The Morgan fingerprint density at radius 2 is 1.90 bits per heavy atom. The predicted molar refractivity (Wildman–Crippen MR) is 122 cm³/mol. The first-order valence-electron chi connectivity index (χ1n) is 9.85. The van der Waals surface area contributed by atoms with E-state index in [-0.39, 0.29) is 5.91 Å². The Morgan fingerprint density at radius 3 is 2.59 bits per heavy atom. The molecule has 0 unspecified atom stereocenters. The van der Waals surface area contributed by atoms with Gasteiger partial charge < -0.3 is 14.5 Å². The van der Waals surface area contributed by atoms with Crippen molar-refractivity contribution in [2.45, 2.75) is 18.2 Å². The molecule has 5 nitrogen and oxygen atoms in total. The molecule has 0 N–H and O–H groups in total. The molecule has 152 valence electrons. The monoisotopic (exact) mass is 427 g/mol. The molecule has 1 aliphatic heterocycles. The highest BCUT2D eigenvalue weighted by Gasteiger charge is 2.23. The molecular weight excluding hydrogens is 402 g/mol. The van der Waals surface area contributed by atoms with Crippen LogP contribution in [0.2, 0.25) is 0 Å². The Kier molecular flexibility index (Phi) is 6.25. The molecule has 0 bridgehead atoms. The van der Waals surface area contributed by atoms with E-state index in [0.717, 1.165) is 53.9 Å². The summed E-state index contributed by atoms with van der Waals surface area (Å²) in [6, 6.07) is 14.3. The molecule has 2 aromatic carbocycles. The van der Waals surface area contributed by atoms with Crippen LogP contribution in [0.15, 0.2) is 47.4 Å². The lowest BCUT2D eigenvalue weighted by Gasteiger charge is -2.34. The molecule has 0 saturated carbocycles. The molecule has 7 heteroatoms. The molecule has 0 aliphatic carbocycles. The molecule has 29 heavy (non-hydrogen) atoms. The topological polar surface area (TPSA) is 45.7 Å². The number of aryl methyl sites for hydroxylation is 1. The molecule has 4 rings (SSSR count). The normalized spacial score (nSPS) is 14.4. The van der Waals surface area contributed by atoms with Gasteiger partial charge in [-0.05, 0) is 48.4 Å². The van der Waals surface area contributed by atoms with Gasteiger partial charge >= 0.3 is 0 Å². The third kappa shape index (κ3) is 4.67. The van der Waals surface area contributed by atoms with Gasteiger partial charge in [0.05, 0.1) is 23.1 Å². The third-order valence-electron chi connectivity index (χ3n) is 5.17. The lowest BCUT2D eigenvalue weighted by atomic mass is 10.2. The summed E-state index contributed by atoms with van der Waals surface area (Å²) in [4.78, 5) is 22.7. The van der Waals surface area contributed by atoms with Crippen molar-refractivity contribution in [1.82, 2.24) is 9.88 Å². The largest absolute Gasteiger partial charge is 0.497 e. The minimum Gasteiger partial charge on any atom is -0.497 e. The fourth-order valence-corrected chi connectivity index (χ4v) is 5.25. The van der Waals surface area contributed by atoms with Crippen LogP contribution in [0.3, 0.4) is 0 Å². The molecule has 1 aromatic heterocycles. The number of aromatic nitrogens is 1. The summed E-state index contributed by atoms with van der Waals surface area (Å²) < 4.78 is 6.42. The van der Waals surface area contributed by atoms with Crippen molar-refractivity contribution in [3.8, 4) is 5.75 Å². The Balaban J connectivity index is 1.31. The maximum atomic E-state index is 12.6. The number of carbonyl (C=O) groups excluding carboxylic acids is 1. The zero-order valence-electron chi connectivity index (χ0n) is 16.8. The van der Waals surface area contributed by atoms with E-state index in [9.17, 15) is 4.79 Å². The van der Waals surface area contributed by atoms with Gasteiger partial charge in [0.1, 0.15) is 5.75 Å². The number of methoxy groups -OCH3 is 1. The lowest BCUT2D eigenvalue weighted by Crippen LogP contribution is -2.49. The Morgan fingerprint density at radius 1 is 1.14 bits per heavy atom. The number of ether oxygens (including phenoxy) is 1. The highest BCUT2D eigenvalue weighted by molar-refractivity contribution is 8.00. The van der Waals surface area contributed by atoms with Crippen LogP contribution in [-0.2, 0) is 11.2 Å². The fraction of sp³-hybridized carbons (Fsp3) is 0.364. The standard InChI is InChI=1S/C22H25N3O2S2/c1-3-16-4-9-19-20(14-16)29-22(23-19)25-12-10-24(11-13-25)21(26)15-28-18-7-5-17(27-2)6-8-18/h4-9,14H,3,10-13,15H2,1-2H3. The minimum absolute atomic E-state index is 0.197. The van der Waals surface area contributed by atoms with E-state index in [2.05, 4.69) is 30.0 Å². The molecule has 1 aliphatic rings. The van der Waals surface area contributed by atoms with Crippen LogP contribution in [-0.4, -0.2) is 54.8 Å². The lowest BCUT2D eigenvalue weighted by molar-refractivity contribution is -0.128. The Bertz CT molecular complexity index is 979. The zero-order chi connectivity index (χ0) is 20.2. The van der Waals surface area contributed by atoms with Crippen molar-refractivity contribution in [1.29, 1.82) is 0 Å². The summed E-state index contributed by atoms with van der Waals surface area (Å²) in [7, 11) is 1.65. The van der Waals surface area contributed by atoms with Crippen molar-refractivity contribution in [2.75, 3.05) is 43.9 Å². The summed E-state index contributed by atoms with van der Waals surface area (Å²) in [6.45, 7) is 5.33. The Hall–Kier alpha value is -2.25. The second-order valence-corrected chi connectivity index (χ2v) is 9.04. The summed E-state index contributed by atoms with van der Waals surface area (Å²) in [6.07, 6.45) is 1.04. The molecule has 1 saturated heterocycles. The van der Waals surface area contributed by atoms with Crippen LogP contribution in [0.4, 0.5) is 5.13 Å². The number of hydrogen-bond acceptors (Lipinski definition) is 6. The molecule has 2 heterocycles. The average Bonchev–Trinajstić information content (AvgIpc) is 3.21. The van der Waals surface area contributed by atoms with E-state index < -0.39 is 0 Å². The van der Waals surface area contributed by atoms with E-state index in [4.69, 9.17) is 9.72 Å². The number of rotatable bonds is 6. The highest BCUT2D eigenvalue weighted by atomic mass is 32.2. The van der Waals surface area contributed by atoms with Gasteiger partial charge in [0.25, 0.3) is 0 Å². The second kappa shape index (κ2) is 9.05. The first kappa shape index (κ1) is 20.0. The maximum absolute atomic E-state index is 12.6. The molecule has 0 atom stereocenters. The van der Waals surface area contributed by atoms with E-state index >= 15 is 0 Å². The van der Waals surface area contributed by atoms with Gasteiger partial charge in [-0.15, -0.1) is 11.8 Å². The van der Waals surface area contributed by atoms with Crippen LogP contribution < -0.4 is 9.64 Å². The van der Waals surface area contributed by atoms with Crippen LogP contribution in [0.5, 0.6) is 5.75 Å². The summed E-state index contributed by atoms with van der Waals surface area (Å²) in [5, 5.41) is 1.06. The number of nitrogens with zero attached hydrogens (tertiary/aromatic N) is 3. The van der Waals surface area contributed by atoms with Crippen LogP contribution in [0, 0.1) is 0 Å². The van der Waals surface area contributed by atoms with E-state index in [0.29, 0.717) is 5.75 Å². The number of thioether (sulfide) groups is 1. The van der Waals surface area contributed by atoms with Crippen LogP contribution in [0.1, 0.15) is 12.5 Å². The minimum atomic E-state index is 0.197. The van der Waals surface area contributed by atoms with E-state index in [1.165, 1.54) is 10.3 Å². The number of benzene rings is 2. The molecule has 1 fully saturated rings. The Labute approximate surface area is 179 Å². The van der Waals surface area contributed by atoms with Crippen molar-refractivity contribution >= 4 is 44.4 Å². The fourth-order valence-electron chi connectivity index (χ4n) is 3.37. The van der Waals surface area contributed by atoms with Crippen LogP contribution in [0.25, 0.3) is 10.2 Å². The molecule has 0 radical (unpaired) electrons. The molecule has 0 spiro atoms. The van der Waals surface area contributed by atoms with E-state index in [1.54, 1.807) is 30.2 Å². The summed E-state index contributed by atoms with van der Waals surface area (Å²) >= 11 is 3.32. The number of hydrogen-bond donors (Lipinski definition) is 0. The first-order valence-corrected chi connectivity index (χ1v) is 11.7. The van der Waals surface area contributed by atoms with Crippen molar-refractivity contribution in [3.05, 3.63) is 48.0 Å². The average molecular weight is 428 g/mol. The van der Waals surface area contributed by atoms with Gasteiger partial charge in [-0.1, -0.05) is 24.3 Å². The molecule has 3 aromatic rings. The van der Waals surface area contributed by atoms with E-state index in [1.807, 2.05) is 29.2 Å². The quantitative estimate of drug-likeness (QED) is 0.549. The van der Waals surface area contributed by atoms with Gasteiger partial charge in [0.2, 0.25) is 5.91 Å². The van der Waals surface area contributed by atoms with Gasteiger partial charge in [0, 0.05) is 31.1 Å². The van der Waals surface area contributed by atoms with Crippen molar-refractivity contribution in [2.24, 2.45) is 0 Å². The predicted octanol–water partition coefficient (Wildman–Crippen LogP) is 4.31. The van der Waals surface area contributed by atoms with Gasteiger partial charge in [-0.2, -0.15) is 0 Å². The molecular formula is C22H25N3O2S2. The zero-order valence-corrected chi connectivity index (χ0v) is 18.4. The summed E-state index contributed by atoms with van der Waals surface area (Å²) in [5.41, 5.74) is 2.41. The number of anilines is 1. The number of carbonyl (C=O) groups is 1. The van der Waals surface area contributed by atoms with Gasteiger partial charge in [-0.3, -0.25) is 4.79 Å². The van der Waals surface area contributed by atoms with Crippen molar-refractivity contribution < 1.29 is 9.53 Å². The number of piperazine rings is 1. The number of fused-ring (bicyclic) bond motifs is 1. The SMILES string of the molecule is CCc1ccc2nc(N3CCN(C(=O)CSc4ccc(OC)cc4)CC3)sc2c1. The summed E-state index contributed by atoms with van der Waals surface area (Å²) in [5.74, 6) is 1.49.